The molecule has 0 radical (unpaired) electrons. The number of thioether (sulfide) groups is 1. The van der Waals surface area contributed by atoms with Crippen LogP contribution < -0.4 is 0 Å². The molecule has 124 valence electrons. The lowest BCUT2D eigenvalue weighted by atomic mass is 9.77. The molecule has 1 nitrogen and oxygen atoms in total. The SMILES string of the molecule is CC(C)C1CCCCCC2C(CC1C)SC(C)N2C(C)C. The van der Waals surface area contributed by atoms with E-state index in [-0.39, 0.29) is 0 Å². The number of nitrogens with zero attached hydrogens (tertiary/aromatic N) is 1. The van der Waals surface area contributed by atoms with Gasteiger partial charge in [0.25, 0.3) is 0 Å². The molecule has 0 amide bonds. The van der Waals surface area contributed by atoms with E-state index in [9.17, 15) is 0 Å². The van der Waals surface area contributed by atoms with Crippen LogP contribution in [0.3, 0.4) is 0 Å². The Hall–Kier alpha value is 0.310. The van der Waals surface area contributed by atoms with Crippen molar-refractivity contribution in [2.24, 2.45) is 17.8 Å². The van der Waals surface area contributed by atoms with E-state index in [4.69, 9.17) is 0 Å². The van der Waals surface area contributed by atoms with Gasteiger partial charge in [0.15, 0.2) is 0 Å². The average molecular weight is 312 g/mol. The second kappa shape index (κ2) is 7.73. The molecule has 2 fully saturated rings. The van der Waals surface area contributed by atoms with Gasteiger partial charge in [-0.3, -0.25) is 4.90 Å². The van der Waals surface area contributed by atoms with E-state index < -0.39 is 0 Å². The summed E-state index contributed by atoms with van der Waals surface area (Å²) in [4.78, 5) is 2.81. The third kappa shape index (κ3) is 4.19. The Balaban J connectivity index is 2.13. The fourth-order valence-corrected chi connectivity index (χ4v) is 6.87. The fourth-order valence-electron chi connectivity index (χ4n) is 4.95. The van der Waals surface area contributed by atoms with Gasteiger partial charge in [-0.1, -0.05) is 40.0 Å². The molecule has 1 saturated carbocycles. The van der Waals surface area contributed by atoms with Crippen LogP contribution in [0.5, 0.6) is 0 Å². The molecule has 2 heteroatoms. The van der Waals surface area contributed by atoms with Crippen molar-refractivity contribution in [1.82, 2.24) is 4.90 Å². The Morgan fingerprint density at radius 3 is 2.24 bits per heavy atom. The number of hydrogen-bond acceptors (Lipinski definition) is 2. The molecule has 0 spiro atoms. The van der Waals surface area contributed by atoms with Gasteiger partial charge in [-0.2, -0.15) is 0 Å². The molecule has 0 aromatic rings. The van der Waals surface area contributed by atoms with Crippen LogP contribution in [0.25, 0.3) is 0 Å². The summed E-state index contributed by atoms with van der Waals surface area (Å²) in [6, 6.07) is 1.53. The summed E-state index contributed by atoms with van der Waals surface area (Å²) in [5.74, 6) is 2.68. The first-order valence-corrected chi connectivity index (χ1v) is 10.3. The monoisotopic (exact) mass is 311 g/mol. The summed E-state index contributed by atoms with van der Waals surface area (Å²) in [6.07, 6.45) is 8.67. The summed E-state index contributed by atoms with van der Waals surface area (Å²) in [5.41, 5.74) is 0. The minimum Gasteiger partial charge on any atom is -0.285 e. The van der Waals surface area contributed by atoms with Crippen LogP contribution in [0.1, 0.15) is 80.1 Å². The highest BCUT2D eigenvalue weighted by molar-refractivity contribution is 8.00. The Morgan fingerprint density at radius 1 is 0.952 bits per heavy atom. The zero-order chi connectivity index (χ0) is 15.6. The molecule has 0 aromatic carbocycles. The van der Waals surface area contributed by atoms with Crippen LogP contribution in [0.2, 0.25) is 0 Å². The van der Waals surface area contributed by atoms with E-state index in [1.807, 2.05) is 0 Å². The van der Waals surface area contributed by atoms with E-state index in [1.165, 1.54) is 38.5 Å². The first-order chi connectivity index (χ1) is 9.91. The zero-order valence-corrected chi connectivity index (χ0v) is 16.0. The molecule has 1 heterocycles. The van der Waals surface area contributed by atoms with Crippen molar-refractivity contribution in [3.63, 3.8) is 0 Å². The molecule has 0 bridgehead atoms. The van der Waals surface area contributed by atoms with E-state index in [1.54, 1.807) is 0 Å². The lowest BCUT2D eigenvalue weighted by Gasteiger charge is -2.36. The van der Waals surface area contributed by atoms with Gasteiger partial charge < -0.3 is 0 Å². The van der Waals surface area contributed by atoms with E-state index in [0.717, 1.165) is 29.0 Å². The van der Waals surface area contributed by atoms with Gasteiger partial charge >= 0.3 is 0 Å². The van der Waals surface area contributed by atoms with Crippen molar-refractivity contribution in [2.75, 3.05) is 0 Å². The third-order valence-corrected chi connectivity index (χ3v) is 7.42. The maximum absolute atomic E-state index is 2.81. The summed E-state index contributed by atoms with van der Waals surface area (Å²) < 4.78 is 0. The number of rotatable bonds is 2. The van der Waals surface area contributed by atoms with E-state index in [2.05, 4.69) is 58.2 Å². The molecular formula is C19H37NS. The normalized spacial score (nSPS) is 39.7. The van der Waals surface area contributed by atoms with Gasteiger partial charge in [-0.15, -0.1) is 11.8 Å². The molecule has 1 aliphatic carbocycles. The maximum Gasteiger partial charge on any atom is 0.0537 e. The number of fused-ring (bicyclic) bond motifs is 1. The third-order valence-electron chi connectivity index (χ3n) is 5.93. The first-order valence-electron chi connectivity index (χ1n) is 9.34. The molecule has 5 unspecified atom stereocenters. The summed E-state index contributed by atoms with van der Waals surface area (Å²) in [5, 5.41) is 1.59. The highest BCUT2D eigenvalue weighted by atomic mass is 32.2. The van der Waals surface area contributed by atoms with Crippen LogP contribution in [0.15, 0.2) is 0 Å². The quantitative estimate of drug-likeness (QED) is 0.635. The van der Waals surface area contributed by atoms with E-state index >= 15 is 0 Å². The van der Waals surface area contributed by atoms with Crippen molar-refractivity contribution >= 4 is 11.8 Å². The predicted molar refractivity (Wildman–Crippen MR) is 96.8 cm³/mol. The van der Waals surface area contributed by atoms with Crippen LogP contribution in [-0.2, 0) is 0 Å². The summed E-state index contributed by atoms with van der Waals surface area (Å²) >= 11 is 2.27. The van der Waals surface area contributed by atoms with Crippen molar-refractivity contribution < 1.29 is 0 Å². The van der Waals surface area contributed by atoms with Crippen molar-refractivity contribution in [1.29, 1.82) is 0 Å². The highest BCUT2D eigenvalue weighted by Crippen LogP contribution is 2.44. The molecule has 5 atom stereocenters. The second-order valence-electron chi connectivity index (χ2n) is 8.14. The number of hydrogen-bond donors (Lipinski definition) is 0. The van der Waals surface area contributed by atoms with Crippen molar-refractivity contribution in [3.8, 4) is 0 Å². The van der Waals surface area contributed by atoms with Gasteiger partial charge in [-0.25, -0.2) is 0 Å². The fraction of sp³-hybridized carbons (Fsp3) is 1.00. The molecule has 2 rings (SSSR count). The van der Waals surface area contributed by atoms with Gasteiger partial charge in [0.2, 0.25) is 0 Å². The molecule has 1 aliphatic heterocycles. The molecular weight excluding hydrogens is 274 g/mol. The van der Waals surface area contributed by atoms with Crippen LogP contribution in [0.4, 0.5) is 0 Å². The van der Waals surface area contributed by atoms with Gasteiger partial charge in [0.05, 0.1) is 5.37 Å². The molecule has 0 N–H and O–H groups in total. The van der Waals surface area contributed by atoms with E-state index in [0.29, 0.717) is 11.4 Å². The predicted octanol–water partition coefficient (Wildman–Crippen LogP) is 5.79. The molecule has 1 saturated heterocycles. The zero-order valence-electron chi connectivity index (χ0n) is 15.1. The second-order valence-corrected chi connectivity index (χ2v) is 9.70. The Kier molecular flexibility index (Phi) is 6.50. The van der Waals surface area contributed by atoms with Gasteiger partial charge in [-0.05, 0) is 57.8 Å². The first kappa shape index (κ1) is 17.7. The van der Waals surface area contributed by atoms with Crippen LogP contribution in [0, 0.1) is 17.8 Å². The average Bonchev–Trinajstić information content (AvgIpc) is 2.69. The summed E-state index contributed by atoms with van der Waals surface area (Å²) in [6.45, 7) is 14.6. The lowest BCUT2D eigenvalue weighted by molar-refractivity contribution is 0.133. The van der Waals surface area contributed by atoms with Gasteiger partial charge in [0.1, 0.15) is 0 Å². The minimum atomic E-state index is 0.696. The summed E-state index contributed by atoms with van der Waals surface area (Å²) in [7, 11) is 0. The Labute approximate surface area is 137 Å². The standard InChI is InChI=1S/C19H37NS/c1-13(2)17-10-8-7-9-11-18-19(12-15(17)5)21-16(6)20(18)14(3)4/h13-19H,7-12H2,1-6H3. The van der Waals surface area contributed by atoms with Gasteiger partial charge in [0, 0.05) is 17.3 Å². The molecule has 0 aromatic heterocycles. The topological polar surface area (TPSA) is 3.24 Å². The minimum absolute atomic E-state index is 0.696. The van der Waals surface area contributed by atoms with Crippen LogP contribution in [-0.4, -0.2) is 27.6 Å². The molecule has 21 heavy (non-hydrogen) atoms. The lowest BCUT2D eigenvalue weighted by Crippen LogP contribution is -2.43. The van der Waals surface area contributed by atoms with Crippen LogP contribution >= 0.6 is 11.8 Å². The largest absolute Gasteiger partial charge is 0.285 e. The Bertz CT molecular complexity index is 315. The Morgan fingerprint density at radius 2 is 1.62 bits per heavy atom. The smallest absolute Gasteiger partial charge is 0.0537 e. The van der Waals surface area contributed by atoms with Crippen molar-refractivity contribution in [3.05, 3.63) is 0 Å². The highest BCUT2D eigenvalue weighted by Gasteiger charge is 2.41. The maximum atomic E-state index is 2.81. The van der Waals surface area contributed by atoms with Crippen molar-refractivity contribution in [2.45, 2.75) is 103 Å². The molecule has 2 aliphatic rings.